The van der Waals surface area contributed by atoms with Crippen LogP contribution in [-0.4, -0.2) is 62.3 Å². The number of carbonyl (C=O) groups excluding carboxylic acids is 1. The molecule has 3 aromatic rings. The van der Waals surface area contributed by atoms with Gasteiger partial charge >= 0.3 is 5.97 Å². The van der Waals surface area contributed by atoms with Crippen molar-refractivity contribution in [3.05, 3.63) is 46.4 Å². The van der Waals surface area contributed by atoms with Crippen molar-refractivity contribution in [1.29, 1.82) is 0 Å². The maximum Gasteiger partial charge on any atom is 0.328 e. The van der Waals surface area contributed by atoms with Gasteiger partial charge in [-0.15, -0.1) is 0 Å². The van der Waals surface area contributed by atoms with Crippen molar-refractivity contribution in [3.8, 4) is 0 Å². The molecule has 2 N–H and O–H groups in total. The number of H-pyrrole nitrogens is 1. The van der Waals surface area contributed by atoms with Crippen LogP contribution in [0.1, 0.15) is 10.4 Å². The van der Waals surface area contributed by atoms with Gasteiger partial charge in [-0.2, -0.15) is 5.10 Å². The fourth-order valence-corrected chi connectivity index (χ4v) is 3.04. The molecule has 9 heteroatoms. The van der Waals surface area contributed by atoms with Gasteiger partial charge in [0, 0.05) is 6.54 Å². The third-order valence-corrected chi connectivity index (χ3v) is 4.28. The summed E-state index contributed by atoms with van der Waals surface area (Å²) in [7, 11) is 0. The van der Waals surface area contributed by atoms with Crippen LogP contribution < -0.4 is 5.56 Å². The maximum atomic E-state index is 12.9. The van der Waals surface area contributed by atoms with Crippen molar-refractivity contribution < 1.29 is 19.4 Å². The summed E-state index contributed by atoms with van der Waals surface area (Å²) < 4.78 is 6.62. The lowest BCUT2D eigenvalue weighted by Crippen LogP contribution is -2.52. The minimum atomic E-state index is -1.14. The standard InChI is InChI=1S/C16H14N4O5/c21-14-9-3-1-2-4-11(9)20-13(18-14)10(7-17-20)15(22)19-5-6-25-8-12(19)16(23)24/h1-4,7,12H,5-6,8H2,(H,18,21)(H,23,24). The van der Waals surface area contributed by atoms with E-state index in [0.29, 0.717) is 10.9 Å². The zero-order valence-corrected chi connectivity index (χ0v) is 13.0. The minimum Gasteiger partial charge on any atom is -0.480 e. The highest BCUT2D eigenvalue weighted by atomic mass is 16.5. The Morgan fingerprint density at radius 3 is 2.92 bits per heavy atom. The van der Waals surface area contributed by atoms with Gasteiger partial charge in [-0.3, -0.25) is 9.59 Å². The fraction of sp³-hybridized carbons (Fsp3) is 0.250. The highest BCUT2D eigenvalue weighted by Gasteiger charge is 2.34. The van der Waals surface area contributed by atoms with Crippen LogP contribution in [0.3, 0.4) is 0 Å². The summed E-state index contributed by atoms with van der Waals surface area (Å²) in [5.41, 5.74) is 0.617. The van der Waals surface area contributed by atoms with E-state index in [1.54, 1.807) is 24.3 Å². The summed E-state index contributed by atoms with van der Waals surface area (Å²) >= 11 is 0. The first-order chi connectivity index (χ1) is 12.1. The van der Waals surface area contributed by atoms with Gasteiger partial charge in [-0.05, 0) is 12.1 Å². The number of hydrogen-bond donors (Lipinski definition) is 2. The van der Waals surface area contributed by atoms with Crippen molar-refractivity contribution in [2.24, 2.45) is 0 Å². The molecule has 1 aliphatic rings. The number of carboxylic acids is 1. The zero-order chi connectivity index (χ0) is 17.6. The van der Waals surface area contributed by atoms with Crippen LogP contribution in [-0.2, 0) is 9.53 Å². The molecule has 128 valence electrons. The van der Waals surface area contributed by atoms with Gasteiger partial charge in [0.25, 0.3) is 11.5 Å². The monoisotopic (exact) mass is 342 g/mol. The largest absolute Gasteiger partial charge is 0.480 e. The number of nitrogens with zero attached hydrogens (tertiary/aromatic N) is 3. The van der Waals surface area contributed by atoms with Crippen LogP contribution in [0.5, 0.6) is 0 Å². The molecule has 2 aromatic heterocycles. The first kappa shape index (κ1) is 15.3. The summed E-state index contributed by atoms with van der Waals surface area (Å²) in [6, 6.07) is 5.84. The molecule has 0 spiro atoms. The van der Waals surface area contributed by atoms with Gasteiger partial charge in [0.1, 0.15) is 11.2 Å². The molecule has 9 nitrogen and oxygen atoms in total. The number of benzene rings is 1. The predicted octanol–water partition coefficient (Wildman–Crippen LogP) is 0.101. The van der Waals surface area contributed by atoms with Gasteiger partial charge in [-0.1, -0.05) is 12.1 Å². The van der Waals surface area contributed by atoms with E-state index in [-0.39, 0.29) is 36.5 Å². The Morgan fingerprint density at radius 1 is 1.32 bits per heavy atom. The second-order valence-electron chi connectivity index (χ2n) is 5.72. The Labute approximate surface area is 140 Å². The molecule has 1 saturated heterocycles. The third kappa shape index (κ3) is 2.36. The summed E-state index contributed by atoms with van der Waals surface area (Å²) in [5, 5.41) is 13.9. The number of amides is 1. The minimum absolute atomic E-state index is 0.0697. The number of hydrogen-bond acceptors (Lipinski definition) is 5. The van der Waals surface area contributed by atoms with Crippen LogP contribution >= 0.6 is 0 Å². The van der Waals surface area contributed by atoms with Gasteiger partial charge in [0.05, 0.1) is 30.3 Å². The average Bonchev–Trinajstić information content (AvgIpc) is 3.05. The number of aliphatic carboxylic acids is 1. The molecular weight excluding hydrogens is 328 g/mol. The Balaban J connectivity index is 1.85. The van der Waals surface area contributed by atoms with Gasteiger partial charge in [0.15, 0.2) is 6.04 Å². The van der Waals surface area contributed by atoms with Crippen molar-refractivity contribution >= 4 is 28.4 Å². The lowest BCUT2D eigenvalue weighted by atomic mass is 10.2. The number of nitrogens with one attached hydrogen (secondary N) is 1. The molecule has 3 heterocycles. The number of carboxylic acid groups (broad SMARTS) is 1. The highest BCUT2D eigenvalue weighted by Crippen LogP contribution is 2.18. The van der Waals surface area contributed by atoms with Crippen LogP contribution in [0, 0.1) is 0 Å². The number of aromatic nitrogens is 3. The topological polar surface area (TPSA) is 117 Å². The number of fused-ring (bicyclic) bond motifs is 3. The lowest BCUT2D eigenvalue weighted by molar-refractivity contribution is -0.147. The smallest absolute Gasteiger partial charge is 0.328 e. The molecule has 1 amide bonds. The number of aromatic amines is 1. The van der Waals surface area contributed by atoms with E-state index in [9.17, 15) is 19.5 Å². The van der Waals surface area contributed by atoms with Gasteiger partial charge < -0.3 is 19.7 Å². The number of rotatable bonds is 2. The zero-order valence-electron chi connectivity index (χ0n) is 13.0. The Kier molecular flexibility index (Phi) is 3.50. The molecule has 1 unspecified atom stereocenters. The molecular formula is C16H14N4O5. The number of morpholine rings is 1. The summed E-state index contributed by atoms with van der Waals surface area (Å²) in [4.78, 5) is 40.4. The molecule has 25 heavy (non-hydrogen) atoms. The average molecular weight is 342 g/mol. The van der Waals surface area contributed by atoms with Crippen LogP contribution in [0.4, 0.5) is 0 Å². The van der Waals surface area contributed by atoms with Crippen molar-refractivity contribution in [2.75, 3.05) is 19.8 Å². The first-order valence-electron chi connectivity index (χ1n) is 7.68. The molecule has 1 fully saturated rings. The molecule has 0 radical (unpaired) electrons. The predicted molar refractivity (Wildman–Crippen MR) is 86.6 cm³/mol. The van der Waals surface area contributed by atoms with E-state index in [2.05, 4.69) is 10.1 Å². The summed E-state index contributed by atoms with van der Waals surface area (Å²) in [6.07, 6.45) is 1.34. The fourth-order valence-electron chi connectivity index (χ4n) is 3.04. The summed E-state index contributed by atoms with van der Waals surface area (Å²) in [6.45, 7) is 0.346. The third-order valence-electron chi connectivity index (χ3n) is 4.28. The van der Waals surface area contributed by atoms with E-state index in [1.807, 2.05) is 0 Å². The van der Waals surface area contributed by atoms with E-state index < -0.39 is 17.9 Å². The van der Waals surface area contributed by atoms with Gasteiger partial charge in [0.2, 0.25) is 0 Å². The Bertz CT molecular complexity index is 1050. The molecule has 1 aliphatic heterocycles. The van der Waals surface area contributed by atoms with Crippen LogP contribution in [0.2, 0.25) is 0 Å². The van der Waals surface area contributed by atoms with Crippen molar-refractivity contribution in [2.45, 2.75) is 6.04 Å². The maximum absolute atomic E-state index is 12.9. The highest BCUT2D eigenvalue weighted by molar-refractivity contribution is 6.02. The SMILES string of the molecule is O=C(O)C1COCCN1C(=O)c1cnn2c1[nH]c(=O)c1ccccc12. The van der Waals surface area contributed by atoms with Gasteiger partial charge in [-0.25, -0.2) is 9.31 Å². The molecule has 0 bridgehead atoms. The second-order valence-corrected chi connectivity index (χ2v) is 5.72. The normalized spacial score (nSPS) is 17.9. The van der Waals surface area contributed by atoms with Crippen LogP contribution in [0.25, 0.3) is 16.6 Å². The van der Waals surface area contributed by atoms with E-state index >= 15 is 0 Å². The lowest BCUT2D eigenvalue weighted by Gasteiger charge is -2.32. The number of para-hydroxylation sites is 1. The molecule has 0 aliphatic carbocycles. The molecule has 1 atom stereocenters. The molecule has 1 aromatic carbocycles. The molecule has 0 saturated carbocycles. The first-order valence-corrected chi connectivity index (χ1v) is 7.68. The Morgan fingerprint density at radius 2 is 2.12 bits per heavy atom. The van der Waals surface area contributed by atoms with E-state index in [0.717, 1.165) is 0 Å². The van der Waals surface area contributed by atoms with Crippen molar-refractivity contribution in [1.82, 2.24) is 19.5 Å². The number of ether oxygens (including phenoxy) is 1. The van der Waals surface area contributed by atoms with Crippen molar-refractivity contribution in [3.63, 3.8) is 0 Å². The van der Waals surface area contributed by atoms with E-state index in [1.165, 1.54) is 15.6 Å². The Hall–Kier alpha value is -3.20. The molecule has 4 rings (SSSR count). The second kappa shape index (κ2) is 5.71. The quantitative estimate of drug-likeness (QED) is 0.682. The summed E-state index contributed by atoms with van der Waals surface area (Å²) in [5.74, 6) is -1.64. The number of carbonyl (C=O) groups is 2. The van der Waals surface area contributed by atoms with Crippen LogP contribution in [0.15, 0.2) is 35.3 Å². The van der Waals surface area contributed by atoms with E-state index in [4.69, 9.17) is 4.74 Å².